The van der Waals surface area contributed by atoms with Crippen molar-refractivity contribution < 1.29 is 9.59 Å². The lowest BCUT2D eigenvalue weighted by molar-refractivity contribution is -0.120. The lowest BCUT2D eigenvalue weighted by Gasteiger charge is -2.38. The fourth-order valence-electron chi connectivity index (χ4n) is 4.48. The molecule has 3 atom stereocenters. The van der Waals surface area contributed by atoms with Crippen LogP contribution in [-0.4, -0.2) is 11.6 Å². The molecule has 2 nitrogen and oxygen atoms in total. The van der Waals surface area contributed by atoms with Crippen molar-refractivity contribution in [3.8, 4) is 0 Å². The molecule has 0 saturated heterocycles. The normalized spacial score (nSPS) is 36.8. The summed E-state index contributed by atoms with van der Waals surface area (Å²) in [5, 5.41) is 0. The first-order valence-corrected chi connectivity index (χ1v) is 7.42. The number of ketones is 2. The van der Waals surface area contributed by atoms with Gasteiger partial charge in [0.2, 0.25) is 0 Å². The molecule has 0 aliphatic heterocycles. The molecule has 4 aliphatic rings. The number of rotatable bonds is 0. The highest BCUT2D eigenvalue weighted by Gasteiger charge is 2.43. The molecule has 0 bridgehead atoms. The fraction of sp³-hybridized carbons (Fsp3) is 0.529. The SMILES string of the molecule is O=C1C=C2CC[C@@H]3C(=C2CC1)C=C[C@@H]1C(=O)CC[C@H]13. The first-order valence-electron chi connectivity index (χ1n) is 7.42. The van der Waals surface area contributed by atoms with Crippen molar-refractivity contribution in [3.63, 3.8) is 0 Å². The molecule has 0 spiro atoms. The van der Waals surface area contributed by atoms with Gasteiger partial charge in [-0.25, -0.2) is 0 Å². The first-order chi connectivity index (χ1) is 9.24. The second-order valence-electron chi connectivity index (χ2n) is 6.27. The molecule has 4 aliphatic carbocycles. The number of carbonyl (C=O) groups excluding carboxylic acids is 2. The zero-order valence-electron chi connectivity index (χ0n) is 11.0. The zero-order chi connectivity index (χ0) is 13.0. The van der Waals surface area contributed by atoms with E-state index in [0.717, 1.165) is 32.1 Å². The molecule has 19 heavy (non-hydrogen) atoms. The van der Waals surface area contributed by atoms with E-state index in [1.54, 1.807) is 0 Å². The molecular formula is C17H18O2. The van der Waals surface area contributed by atoms with Gasteiger partial charge in [0, 0.05) is 18.8 Å². The summed E-state index contributed by atoms with van der Waals surface area (Å²) in [4.78, 5) is 23.4. The summed E-state index contributed by atoms with van der Waals surface area (Å²) >= 11 is 0. The third-order valence-corrected chi connectivity index (χ3v) is 5.37. The van der Waals surface area contributed by atoms with E-state index in [9.17, 15) is 9.59 Å². The molecule has 4 rings (SSSR count). The maximum Gasteiger partial charge on any atom is 0.156 e. The minimum Gasteiger partial charge on any atom is -0.299 e. The smallest absolute Gasteiger partial charge is 0.156 e. The van der Waals surface area contributed by atoms with Crippen LogP contribution in [0.3, 0.4) is 0 Å². The lowest BCUT2D eigenvalue weighted by atomic mass is 9.66. The Morgan fingerprint density at radius 2 is 1.89 bits per heavy atom. The summed E-state index contributed by atoms with van der Waals surface area (Å²) in [5.74, 6) is 2.02. The van der Waals surface area contributed by atoms with E-state index < -0.39 is 0 Å². The van der Waals surface area contributed by atoms with Gasteiger partial charge >= 0.3 is 0 Å². The quantitative estimate of drug-likeness (QED) is 0.665. The van der Waals surface area contributed by atoms with Crippen LogP contribution in [0.2, 0.25) is 0 Å². The molecule has 98 valence electrons. The Morgan fingerprint density at radius 3 is 2.79 bits per heavy atom. The maximum atomic E-state index is 11.9. The van der Waals surface area contributed by atoms with E-state index in [2.05, 4.69) is 12.2 Å². The minimum absolute atomic E-state index is 0.185. The third-order valence-electron chi connectivity index (χ3n) is 5.37. The second-order valence-corrected chi connectivity index (χ2v) is 6.27. The zero-order valence-corrected chi connectivity index (χ0v) is 11.0. The van der Waals surface area contributed by atoms with Crippen LogP contribution >= 0.6 is 0 Å². The van der Waals surface area contributed by atoms with Crippen LogP contribution < -0.4 is 0 Å². The van der Waals surface area contributed by atoms with Gasteiger partial charge in [0.15, 0.2) is 5.78 Å². The summed E-state index contributed by atoms with van der Waals surface area (Å²) in [6, 6.07) is 0. The largest absolute Gasteiger partial charge is 0.299 e. The Labute approximate surface area is 113 Å². The second kappa shape index (κ2) is 4.03. The van der Waals surface area contributed by atoms with Crippen LogP contribution in [-0.2, 0) is 9.59 Å². The van der Waals surface area contributed by atoms with Gasteiger partial charge in [-0.15, -0.1) is 0 Å². The lowest BCUT2D eigenvalue weighted by Crippen LogP contribution is -2.29. The first kappa shape index (κ1) is 11.4. The highest BCUT2D eigenvalue weighted by atomic mass is 16.1. The van der Waals surface area contributed by atoms with Gasteiger partial charge in [0.05, 0.1) is 0 Å². The van der Waals surface area contributed by atoms with Gasteiger partial charge in [-0.05, 0) is 60.3 Å². The molecular weight excluding hydrogens is 236 g/mol. The van der Waals surface area contributed by atoms with Gasteiger partial charge in [-0.1, -0.05) is 12.2 Å². The van der Waals surface area contributed by atoms with Gasteiger partial charge in [0.1, 0.15) is 5.78 Å². The number of hydrogen-bond donors (Lipinski definition) is 0. The Kier molecular flexibility index (Phi) is 2.41. The maximum absolute atomic E-state index is 11.9. The highest BCUT2D eigenvalue weighted by Crippen LogP contribution is 2.50. The van der Waals surface area contributed by atoms with Crippen LogP contribution in [0.1, 0.15) is 38.5 Å². The molecule has 0 aromatic rings. The minimum atomic E-state index is 0.185. The van der Waals surface area contributed by atoms with E-state index in [1.165, 1.54) is 16.7 Å². The Morgan fingerprint density at radius 1 is 1.00 bits per heavy atom. The van der Waals surface area contributed by atoms with Gasteiger partial charge in [0.25, 0.3) is 0 Å². The van der Waals surface area contributed by atoms with Gasteiger partial charge < -0.3 is 0 Å². The van der Waals surface area contributed by atoms with Crippen LogP contribution in [0.4, 0.5) is 0 Å². The standard InChI is InChI=1S/C17H18O2/c18-11-2-4-12-10(9-11)1-3-14-13(12)5-6-16-15(14)7-8-17(16)19/h5-6,9,14-16H,1-4,7-8H2/t14-,15+,16+/m1/s1. The number of carbonyl (C=O) groups is 2. The summed E-state index contributed by atoms with van der Waals surface area (Å²) in [6.45, 7) is 0. The predicted molar refractivity (Wildman–Crippen MR) is 72.4 cm³/mol. The molecule has 0 unspecified atom stereocenters. The van der Waals surface area contributed by atoms with Crippen molar-refractivity contribution in [2.24, 2.45) is 17.8 Å². The van der Waals surface area contributed by atoms with Crippen molar-refractivity contribution in [2.45, 2.75) is 38.5 Å². The van der Waals surface area contributed by atoms with Crippen molar-refractivity contribution in [1.29, 1.82) is 0 Å². The summed E-state index contributed by atoms with van der Waals surface area (Å²) in [7, 11) is 0. The van der Waals surface area contributed by atoms with Gasteiger partial charge in [-0.2, -0.15) is 0 Å². The van der Waals surface area contributed by atoms with Crippen molar-refractivity contribution in [1.82, 2.24) is 0 Å². The molecule has 0 radical (unpaired) electrons. The number of fused-ring (bicyclic) bond motifs is 4. The van der Waals surface area contributed by atoms with Crippen LogP contribution in [0.25, 0.3) is 0 Å². The summed E-state index contributed by atoms with van der Waals surface area (Å²) in [6.07, 6.45) is 11.7. The van der Waals surface area contributed by atoms with Crippen molar-refractivity contribution in [3.05, 3.63) is 34.9 Å². The Hall–Kier alpha value is -1.44. The summed E-state index contributed by atoms with van der Waals surface area (Å²) < 4.78 is 0. The summed E-state index contributed by atoms with van der Waals surface area (Å²) in [5.41, 5.74) is 4.14. The molecule has 2 heteroatoms. The van der Waals surface area contributed by atoms with Gasteiger partial charge in [-0.3, -0.25) is 9.59 Å². The molecule has 0 aromatic heterocycles. The van der Waals surface area contributed by atoms with Crippen LogP contribution in [0.5, 0.6) is 0 Å². The molecule has 0 amide bonds. The number of hydrogen-bond acceptors (Lipinski definition) is 2. The third kappa shape index (κ3) is 1.62. The number of allylic oxidation sites excluding steroid dienone is 6. The average Bonchev–Trinajstić information content (AvgIpc) is 2.80. The predicted octanol–water partition coefficient (Wildman–Crippen LogP) is 3.15. The molecule has 1 fully saturated rings. The van der Waals surface area contributed by atoms with E-state index in [1.807, 2.05) is 6.08 Å². The van der Waals surface area contributed by atoms with Crippen molar-refractivity contribution in [2.75, 3.05) is 0 Å². The topological polar surface area (TPSA) is 34.1 Å². The monoisotopic (exact) mass is 254 g/mol. The van der Waals surface area contributed by atoms with E-state index in [4.69, 9.17) is 0 Å². The molecule has 0 heterocycles. The average molecular weight is 254 g/mol. The van der Waals surface area contributed by atoms with Crippen LogP contribution in [0.15, 0.2) is 34.9 Å². The highest BCUT2D eigenvalue weighted by molar-refractivity contribution is 5.93. The number of Topliss-reactive ketones (excluding diaryl/α,β-unsaturated/α-hetero) is 1. The van der Waals surface area contributed by atoms with Crippen molar-refractivity contribution >= 4 is 11.6 Å². The Balaban J connectivity index is 1.80. The molecule has 0 N–H and O–H groups in total. The van der Waals surface area contributed by atoms with Crippen LogP contribution in [0, 0.1) is 17.8 Å². The van der Waals surface area contributed by atoms with E-state index in [0.29, 0.717) is 24.0 Å². The molecule has 1 saturated carbocycles. The molecule has 0 aromatic carbocycles. The fourth-order valence-corrected chi connectivity index (χ4v) is 4.48. The van der Waals surface area contributed by atoms with E-state index in [-0.39, 0.29) is 11.7 Å². The van der Waals surface area contributed by atoms with E-state index >= 15 is 0 Å². The Bertz CT molecular complexity index is 562.